The molecule has 0 spiro atoms. The fourth-order valence-electron chi connectivity index (χ4n) is 2.97. The van der Waals surface area contributed by atoms with Crippen LogP contribution < -0.4 is 5.32 Å². The Morgan fingerprint density at radius 3 is 2.96 bits per heavy atom. The number of ether oxygens (including phenoxy) is 1. The Balaban J connectivity index is 1.77. The first kappa shape index (κ1) is 15.8. The van der Waals surface area contributed by atoms with E-state index < -0.39 is 18.1 Å². The average Bonchev–Trinajstić information content (AvgIpc) is 3.04. The maximum Gasteiger partial charge on any atom is 0.408 e. The fourth-order valence-corrected chi connectivity index (χ4v) is 2.97. The van der Waals surface area contributed by atoms with Gasteiger partial charge in [0.25, 0.3) is 1.43 Å². The Morgan fingerprint density at radius 1 is 1.26 bits per heavy atom. The third kappa shape index (κ3) is 5.26. The highest BCUT2D eigenvalue weighted by atomic mass is 16.6. The maximum absolute atomic E-state index is 12.1. The van der Waals surface area contributed by atoms with E-state index in [2.05, 4.69) is 10.4 Å². The molecule has 128 valence electrons. The van der Waals surface area contributed by atoms with Crippen molar-refractivity contribution in [1.82, 2.24) is 10.2 Å². The Kier molecular flexibility index (Phi) is 5.88. The Morgan fingerprint density at radius 2 is 2.13 bits per heavy atom. The van der Waals surface area contributed by atoms with Crippen LogP contribution in [0.4, 0.5) is 4.79 Å². The van der Waals surface area contributed by atoms with Crippen LogP contribution in [0.25, 0.3) is 1.43 Å². The first-order chi connectivity index (χ1) is 11.6. The molecule has 0 radical (unpaired) electrons. The van der Waals surface area contributed by atoms with Crippen LogP contribution in [-0.4, -0.2) is 53.2 Å². The van der Waals surface area contributed by atoms with Gasteiger partial charge in [-0.25, -0.2) is 9.59 Å². The van der Waals surface area contributed by atoms with Gasteiger partial charge in [0.15, 0.2) is 0 Å². The minimum absolute atomic E-state index is 0.239. The summed E-state index contributed by atoms with van der Waals surface area (Å²) in [4.78, 5) is 36.8. The molecule has 0 aromatic heterocycles. The molecular weight excluding hydrogens is 300 g/mol. The molecule has 2 amide bonds. The number of hydrogen-bond donors (Lipinski definition) is 2. The fraction of sp³-hybridized carbons (Fsp3) is 0.688. The normalized spacial score (nSPS) is 26.4. The van der Waals surface area contributed by atoms with Gasteiger partial charge < -0.3 is 20.1 Å². The number of amides is 2. The number of carbonyl (C=O) groups is 3. The topological polar surface area (TPSA) is 95.9 Å². The van der Waals surface area contributed by atoms with Crippen LogP contribution in [0, 0.1) is 0 Å². The van der Waals surface area contributed by atoms with E-state index in [0.717, 1.165) is 32.1 Å². The second-order valence-corrected chi connectivity index (χ2v) is 5.93. The summed E-state index contributed by atoms with van der Waals surface area (Å²) >= 11 is 0. The number of carboxylic acids is 1. The van der Waals surface area contributed by atoms with Gasteiger partial charge in [0.1, 0.15) is 18.7 Å². The first-order valence-electron chi connectivity index (χ1n) is 8.60. The van der Waals surface area contributed by atoms with Gasteiger partial charge in [-0.15, -0.1) is 0 Å². The molecule has 1 saturated heterocycles. The van der Waals surface area contributed by atoms with E-state index in [4.69, 9.17) is 6.17 Å². The average molecular weight is 325 g/mol. The van der Waals surface area contributed by atoms with Crippen LogP contribution >= 0.6 is 0 Å². The quantitative estimate of drug-likeness (QED) is 0.767. The van der Waals surface area contributed by atoms with Crippen LogP contribution in [0.2, 0.25) is 0 Å². The van der Waals surface area contributed by atoms with E-state index in [1.165, 1.54) is 4.90 Å². The molecule has 2 aliphatic rings. The molecule has 1 fully saturated rings. The first-order valence-corrected chi connectivity index (χ1v) is 8.19. The number of allylic oxidation sites excluding steroid dienone is 1. The minimum atomic E-state index is -0.747. The second-order valence-electron chi connectivity index (χ2n) is 5.93. The molecule has 2 atom stereocenters. The maximum atomic E-state index is 12.1. The highest BCUT2D eigenvalue weighted by molar-refractivity contribution is 5.87. The standard InChI is InChI=1S/C16H24N2O5/c19-14(18-10-6-9-13(18)15(20)21)11-17-16(22)23-12-7-4-2-1-3-5-8-12/h4,7,12-13H,1-3,5-6,8-11H2,(H,17,22)(H,20,21)/b7-4+/i/hD. The van der Waals surface area contributed by atoms with Crippen molar-refractivity contribution in [2.75, 3.05) is 13.1 Å². The molecular formula is C16H24N2O5. The Labute approximate surface area is 137 Å². The van der Waals surface area contributed by atoms with Crippen LogP contribution in [0.5, 0.6) is 0 Å². The number of likely N-dealkylation sites (tertiary alicyclic amines) is 1. The van der Waals surface area contributed by atoms with E-state index in [1.54, 1.807) is 0 Å². The van der Waals surface area contributed by atoms with Crippen molar-refractivity contribution in [2.45, 2.75) is 57.1 Å². The van der Waals surface area contributed by atoms with E-state index in [0.29, 0.717) is 19.4 Å². The highest BCUT2D eigenvalue weighted by Gasteiger charge is 2.33. The van der Waals surface area contributed by atoms with Crippen molar-refractivity contribution in [2.24, 2.45) is 0 Å². The molecule has 1 heterocycles. The van der Waals surface area contributed by atoms with Crippen molar-refractivity contribution in [3.05, 3.63) is 12.2 Å². The zero-order valence-corrected chi connectivity index (χ0v) is 13.2. The summed E-state index contributed by atoms with van der Waals surface area (Å²) in [6, 6.07) is -0.735. The molecule has 7 nitrogen and oxygen atoms in total. The molecule has 2 unspecified atom stereocenters. The molecule has 0 aromatic carbocycles. The molecule has 23 heavy (non-hydrogen) atoms. The SMILES string of the molecule is [2H]OC(=O)C1CCCN1C(=O)CNC(=O)OC1/C=C/CCCCC1. The number of aliphatic carboxylic acids is 1. The van der Waals surface area contributed by atoms with Crippen LogP contribution in [0.15, 0.2) is 12.2 Å². The van der Waals surface area contributed by atoms with Crippen molar-refractivity contribution in [3.63, 3.8) is 0 Å². The van der Waals surface area contributed by atoms with E-state index >= 15 is 0 Å². The van der Waals surface area contributed by atoms with Crippen molar-refractivity contribution in [1.29, 1.82) is 1.43 Å². The zero-order valence-electron chi connectivity index (χ0n) is 14.2. The monoisotopic (exact) mass is 325 g/mol. The molecule has 1 aliphatic carbocycles. The number of alkyl carbamates (subject to hydrolysis) is 1. The molecule has 2 N–H and O–H groups in total. The summed E-state index contributed by atoms with van der Waals surface area (Å²) in [5, 5.41) is 6.40. The second kappa shape index (κ2) is 8.55. The number of carbonyl (C=O) groups excluding carboxylic acids is 2. The van der Waals surface area contributed by atoms with Gasteiger partial charge in [0, 0.05) is 6.54 Å². The van der Waals surface area contributed by atoms with Crippen LogP contribution in [-0.2, 0) is 14.3 Å². The minimum Gasteiger partial charge on any atom is -0.480 e. The van der Waals surface area contributed by atoms with Gasteiger partial charge in [0.05, 0.1) is 0 Å². The smallest absolute Gasteiger partial charge is 0.408 e. The third-order valence-corrected chi connectivity index (χ3v) is 4.20. The van der Waals surface area contributed by atoms with E-state index in [9.17, 15) is 14.4 Å². The van der Waals surface area contributed by atoms with Crippen LogP contribution in [0.3, 0.4) is 0 Å². The number of nitrogens with one attached hydrogen (secondary N) is 1. The number of hydrogen-bond acceptors (Lipinski definition) is 5. The van der Waals surface area contributed by atoms with Gasteiger partial charge in [-0.2, -0.15) is 0 Å². The lowest BCUT2D eigenvalue weighted by molar-refractivity contribution is -0.147. The van der Waals surface area contributed by atoms with Crippen molar-refractivity contribution in [3.8, 4) is 0 Å². The van der Waals surface area contributed by atoms with Crippen LogP contribution in [0.1, 0.15) is 44.9 Å². The Bertz CT molecular complexity index is 497. The lowest BCUT2D eigenvalue weighted by Gasteiger charge is -2.22. The number of carboxylic acid groups (broad SMARTS) is 1. The van der Waals surface area contributed by atoms with Crippen molar-refractivity contribution < 1.29 is 24.2 Å². The molecule has 7 heteroatoms. The summed E-state index contributed by atoms with van der Waals surface area (Å²) in [5.41, 5.74) is 0. The lowest BCUT2D eigenvalue weighted by Crippen LogP contribution is -2.45. The van der Waals surface area contributed by atoms with Gasteiger partial charge in [-0.3, -0.25) is 4.79 Å². The van der Waals surface area contributed by atoms with Crippen molar-refractivity contribution >= 4 is 18.0 Å². The van der Waals surface area contributed by atoms with Gasteiger partial charge in [-0.1, -0.05) is 12.5 Å². The summed E-state index contributed by atoms with van der Waals surface area (Å²) in [6.45, 7) is 0.178. The predicted molar refractivity (Wildman–Crippen MR) is 82.9 cm³/mol. The number of rotatable bonds is 4. The Hall–Kier alpha value is -2.05. The van der Waals surface area contributed by atoms with E-state index in [1.807, 2.05) is 12.2 Å². The zero-order chi connectivity index (χ0) is 17.4. The summed E-state index contributed by atoms with van der Waals surface area (Å²) in [5.74, 6) is -1.13. The predicted octanol–water partition coefficient (Wildman–Crippen LogP) is 1.68. The highest BCUT2D eigenvalue weighted by Crippen LogP contribution is 2.17. The molecule has 1 aliphatic heterocycles. The largest absolute Gasteiger partial charge is 0.480 e. The van der Waals surface area contributed by atoms with Gasteiger partial charge in [0.2, 0.25) is 5.91 Å². The molecule has 0 aromatic rings. The third-order valence-electron chi connectivity index (χ3n) is 4.20. The number of nitrogens with zero attached hydrogens (tertiary/aromatic N) is 1. The summed E-state index contributed by atoms with van der Waals surface area (Å²) < 4.78 is 12.0. The molecule has 0 saturated carbocycles. The molecule has 2 rings (SSSR count). The van der Waals surface area contributed by atoms with Gasteiger partial charge >= 0.3 is 12.1 Å². The summed E-state index contributed by atoms with van der Waals surface area (Å²) in [6.07, 6.45) is 9.19. The van der Waals surface area contributed by atoms with Gasteiger partial charge in [-0.05, 0) is 44.6 Å². The summed E-state index contributed by atoms with van der Waals surface area (Å²) in [7, 11) is 0. The van der Waals surface area contributed by atoms with E-state index in [-0.39, 0.29) is 18.6 Å². The lowest BCUT2D eigenvalue weighted by atomic mass is 10.0. The molecule has 0 bridgehead atoms.